The maximum Gasteiger partial charge on any atom is 0.341 e. The number of nitrogens with one attached hydrogen (secondary N) is 2. The SMILES string of the molecule is COC(=O)c1c(NC(=S)NCCCn2cc(C)cn2)sc(C)c1-c1ccccc1. The first kappa shape index (κ1) is 21.0. The maximum atomic E-state index is 12.5. The van der Waals surface area contributed by atoms with Crippen molar-refractivity contribution < 1.29 is 9.53 Å². The van der Waals surface area contributed by atoms with Crippen molar-refractivity contribution in [3.8, 4) is 11.1 Å². The molecule has 2 N–H and O–H groups in total. The van der Waals surface area contributed by atoms with Crippen LogP contribution in [0, 0.1) is 13.8 Å². The Labute approximate surface area is 179 Å². The number of carbonyl (C=O) groups excluding carboxylic acids is 1. The van der Waals surface area contributed by atoms with Gasteiger partial charge in [0.05, 0.1) is 13.3 Å². The van der Waals surface area contributed by atoms with Crippen LogP contribution in [-0.2, 0) is 11.3 Å². The molecule has 0 aliphatic heterocycles. The first-order valence-corrected chi connectivity index (χ1v) is 10.5. The lowest BCUT2D eigenvalue weighted by Crippen LogP contribution is -2.30. The fourth-order valence-corrected chi connectivity index (χ4v) is 4.40. The smallest absolute Gasteiger partial charge is 0.341 e. The number of anilines is 1. The number of nitrogens with zero attached hydrogens (tertiary/aromatic N) is 2. The van der Waals surface area contributed by atoms with E-state index in [1.807, 2.05) is 61.3 Å². The number of ether oxygens (including phenoxy) is 1. The lowest BCUT2D eigenvalue weighted by atomic mass is 10.0. The molecule has 2 aromatic heterocycles. The van der Waals surface area contributed by atoms with Gasteiger partial charge in [-0.05, 0) is 43.6 Å². The average molecular weight is 429 g/mol. The Balaban J connectivity index is 1.68. The highest BCUT2D eigenvalue weighted by atomic mass is 32.1. The van der Waals surface area contributed by atoms with Gasteiger partial charge in [0.25, 0.3) is 0 Å². The second-order valence-electron chi connectivity index (χ2n) is 6.61. The summed E-state index contributed by atoms with van der Waals surface area (Å²) in [7, 11) is 1.39. The maximum absolute atomic E-state index is 12.5. The van der Waals surface area contributed by atoms with Gasteiger partial charge in [0.1, 0.15) is 10.6 Å². The first-order valence-electron chi connectivity index (χ1n) is 9.30. The van der Waals surface area contributed by atoms with E-state index in [9.17, 15) is 4.79 Å². The molecule has 0 radical (unpaired) electrons. The van der Waals surface area contributed by atoms with Crippen molar-refractivity contribution in [1.82, 2.24) is 15.1 Å². The number of esters is 1. The van der Waals surface area contributed by atoms with Crippen LogP contribution in [0.4, 0.5) is 5.00 Å². The number of thiocarbonyl (C=S) groups is 1. The van der Waals surface area contributed by atoms with Crippen LogP contribution < -0.4 is 10.6 Å². The molecule has 0 amide bonds. The van der Waals surface area contributed by atoms with Crippen LogP contribution in [0.25, 0.3) is 11.1 Å². The molecule has 0 atom stereocenters. The second kappa shape index (κ2) is 9.67. The second-order valence-corrected chi connectivity index (χ2v) is 8.24. The van der Waals surface area contributed by atoms with Crippen LogP contribution >= 0.6 is 23.6 Å². The normalized spacial score (nSPS) is 10.6. The van der Waals surface area contributed by atoms with Gasteiger partial charge in [-0.25, -0.2) is 4.79 Å². The summed E-state index contributed by atoms with van der Waals surface area (Å²) in [5.41, 5.74) is 3.51. The first-order chi connectivity index (χ1) is 14.0. The van der Waals surface area contributed by atoms with Crippen molar-refractivity contribution in [3.05, 3.63) is 58.7 Å². The molecule has 1 aromatic carbocycles. The highest BCUT2D eigenvalue weighted by molar-refractivity contribution is 7.80. The van der Waals surface area contributed by atoms with E-state index in [1.54, 1.807) is 0 Å². The lowest BCUT2D eigenvalue weighted by molar-refractivity contribution is 0.0603. The molecule has 3 aromatic rings. The third-order valence-electron chi connectivity index (χ3n) is 4.38. The number of rotatable bonds is 7. The van der Waals surface area contributed by atoms with Crippen LogP contribution in [0.15, 0.2) is 42.7 Å². The molecule has 0 aliphatic rings. The van der Waals surface area contributed by atoms with Gasteiger partial charge in [0.15, 0.2) is 5.11 Å². The molecule has 0 bridgehead atoms. The third-order valence-corrected chi connectivity index (χ3v) is 5.64. The molecule has 2 heterocycles. The molecule has 29 heavy (non-hydrogen) atoms. The Hall–Kier alpha value is -2.71. The standard InChI is InChI=1S/C21H24N4O2S2/c1-14-12-23-25(13-14)11-7-10-22-21(28)24-19-18(20(26)27-3)17(15(2)29-19)16-8-5-4-6-9-16/h4-6,8-9,12-13H,7,10-11H2,1-3H3,(H2,22,24,28). The molecule has 0 saturated carbocycles. The summed E-state index contributed by atoms with van der Waals surface area (Å²) in [5.74, 6) is -0.382. The number of thiophene rings is 1. The average Bonchev–Trinajstić information content (AvgIpc) is 3.27. The van der Waals surface area contributed by atoms with E-state index in [4.69, 9.17) is 17.0 Å². The number of hydrogen-bond donors (Lipinski definition) is 2. The Kier molecular flexibility index (Phi) is 7.00. The highest BCUT2D eigenvalue weighted by Crippen LogP contribution is 2.40. The molecule has 0 unspecified atom stereocenters. The van der Waals surface area contributed by atoms with Crippen LogP contribution in [0.3, 0.4) is 0 Å². The van der Waals surface area contributed by atoms with Crippen molar-refractivity contribution in [1.29, 1.82) is 0 Å². The number of aryl methyl sites for hydroxylation is 3. The summed E-state index contributed by atoms with van der Waals surface area (Å²) in [4.78, 5) is 13.5. The third kappa shape index (κ3) is 5.21. The molecule has 0 aliphatic carbocycles. The number of aromatic nitrogens is 2. The summed E-state index contributed by atoms with van der Waals surface area (Å²) >= 11 is 6.92. The van der Waals surface area contributed by atoms with Crippen LogP contribution in [-0.4, -0.2) is 34.5 Å². The molecule has 152 valence electrons. The van der Waals surface area contributed by atoms with E-state index in [0.29, 0.717) is 22.2 Å². The Morgan fingerprint density at radius 3 is 2.69 bits per heavy atom. The quantitative estimate of drug-likeness (QED) is 0.330. The van der Waals surface area contributed by atoms with E-state index in [1.165, 1.54) is 18.4 Å². The summed E-state index contributed by atoms with van der Waals surface area (Å²) in [6.07, 6.45) is 4.74. The summed E-state index contributed by atoms with van der Waals surface area (Å²) in [6.45, 7) is 5.53. The molecule has 6 nitrogen and oxygen atoms in total. The van der Waals surface area contributed by atoms with Crippen molar-refractivity contribution in [3.63, 3.8) is 0 Å². The largest absolute Gasteiger partial charge is 0.465 e. The molecule has 0 spiro atoms. The molecule has 0 saturated heterocycles. The lowest BCUT2D eigenvalue weighted by Gasteiger charge is -2.11. The Morgan fingerprint density at radius 1 is 1.28 bits per heavy atom. The topological polar surface area (TPSA) is 68.2 Å². The Morgan fingerprint density at radius 2 is 2.03 bits per heavy atom. The fourth-order valence-electron chi connectivity index (χ4n) is 3.06. The Bertz CT molecular complexity index is 996. The van der Waals surface area contributed by atoms with Gasteiger partial charge in [-0.2, -0.15) is 5.10 Å². The van der Waals surface area contributed by atoms with Crippen molar-refractivity contribution in [2.24, 2.45) is 0 Å². The van der Waals surface area contributed by atoms with Crippen LogP contribution in [0.5, 0.6) is 0 Å². The van der Waals surface area contributed by atoms with Crippen molar-refractivity contribution >= 4 is 39.6 Å². The minimum absolute atomic E-state index is 0.382. The predicted molar refractivity (Wildman–Crippen MR) is 122 cm³/mol. The van der Waals surface area contributed by atoms with Gasteiger partial charge >= 0.3 is 5.97 Å². The van der Waals surface area contributed by atoms with E-state index in [2.05, 4.69) is 15.7 Å². The van der Waals surface area contributed by atoms with Crippen LogP contribution in [0.2, 0.25) is 0 Å². The molecular weight excluding hydrogens is 404 g/mol. The van der Waals surface area contributed by atoms with E-state index in [-0.39, 0.29) is 5.97 Å². The van der Waals surface area contributed by atoms with Crippen molar-refractivity contribution in [2.45, 2.75) is 26.8 Å². The van der Waals surface area contributed by atoms with Gasteiger partial charge in [0.2, 0.25) is 0 Å². The van der Waals surface area contributed by atoms with Crippen LogP contribution in [0.1, 0.15) is 27.2 Å². The number of methoxy groups -OCH3 is 1. The number of hydrogen-bond acceptors (Lipinski definition) is 5. The molecular formula is C21H24N4O2S2. The van der Waals surface area contributed by atoms with Gasteiger partial charge in [-0.15, -0.1) is 11.3 Å². The van der Waals surface area contributed by atoms with Crippen molar-refractivity contribution in [2.75, 3.05) is 19.0 Å². The highest BCUT2D eigenvalue weighted by Gasteiger charge is 2.24. The number of benzene rings is 1. The van der Waals surface area contributed by atoms with Gasteiger partial charge < -0.3 is 15.4 Å². The van der Waals surface area contributed by atoms with Gasteiger partial charge in [-0.1, -0.05) is 30.3 Å². The fraction of sp³-hybridized carbons (Fsp3) is 0.286. The summed E-state index contributed by atoms with van der Waals surface area (Å²) in [6, 6.07) is 9.82. The van der Waals surface area contributed by atoms with Gasteiger partial charge in [0, 0.05) is 29.7 Å². The minimum atomic E-state index is -0.382. The van der Waals surface area contributed by atoms with E-state index < -0.39 is 0 Å². The molecule has 3 rings (SSSR count). The zero-order valence-electron chi connectivity index (χ0n) is 16.7. The predicted octanol–water partition coefficient (Wildman–Crippen LogP) is 4.39. The zero-order valence-corrected chi connectivity index (χ0v) is 18.3. The number of carbonyl (C=O) groups is 1. The summed E-state index contributed by atoms with van der Waals surface area (Å²) in [5, 5.41) is 11.8. The summed E-state index contributed by atoms with van der Waals surface area (Å²) < 4.78 is 6.95. The van der Waals surface area contributed by atoms with E-state index in [0.717, 1.165) is 34.5 Å². The van der Waals surface area contributed by atoms with Gasteiger partial charge in [-0.3, -0.25) is 4.68 Å². The molecule has 8 heteroatoms. The van der Waals surface area contributed by atoms with E-state index >= 15 is 0 Å². The molecule has 0 fully saturated rings. The minimum Gasteiger partial charge on any atom is -0.465 e. The zero-order chi connectivity index (χ0) is 20.8. The monoisotopic (exact) mass is 428 g/mol.